The number of carbonyl (C=O) groups excluding carboxylic acids is 1. The van der Waals surface area contributed by atoms with E-state index in [0.717, 1.165) is 12.8 Å². The van der Waals surface area contributed by atoms with Gasteiger partial charge in [-0.05, 0) is 6.42 Å². The molecule has 0 aromatic carbocycles. The number of ether oxygens (including phenoxy) is 1. The fourth-order valence-corrected chi connectivity index (χ4v) is 2.86. The van der Waals surface area contributed by atoms with E-state index in [-0.39, 0.29) is 11.7 Å². The van der Waals surface area contributed by atoms with Gasteiger partial charge in [-0.1, -0.05) is 13.3 Å². The van der Waals surface area contributed by atoms with Crippen LogP contribution in [0.1, 0.15) is 26.7 Å². The van der Waals surface area contributed by atoms with Crippen LogP contribution < -0.4 is 0 Å². The Labute approximate surface area is 81.0 Å². The van der Waals surface area contributed by atoms with E-state index >= 15 is 0 Å². The summed E-state index contributed by atoms with van der Waals surface area (Å²) in [6, 6.07) is 0. The van der Waals surface area contributed by atoms with Gasteiger partial charge >= 0.3 is 15.3 Å². The Kier molecular flexibility index (Phi) is 6.84. The van der Waals surface area contributed by atoms with Gasteiger partial charge in [-0.25, -0.2) is 0 Å². The lowest BCUT2D eigenvalue weighted by atomic mass is 10.3. The van der Waals surface area contributed by atoms with Crippen molar-refractivity contribution in [2.24, 2.45) is 0 Å². The first-order chi connectivity index (χ1) is 6.15. The zero-order valence-corrected chi connectivity index (χ0v) is 9.86. The monoisotopic (exact) mass is 206 g/mol. The first-order valence-corrected chi connectivity index (χ1v) is 5.99. The molecule has 0 spiro atoms. The third kappa shape index (κ3) is 5.02. The Morgan fingerprint density at radius 2 is 1.92 bits per heavy atom. The molecule has 0 saturated heterocycles. The Hall–Kier alpha value is -0.393. The van der Waals surface area contributed by atoms with Crippen molar-refractivity contribution < 1.29 is 18.4 Å². The molecule has 0 rings (SSSR count). The molecule has 1 unspecified atom stereocenters. The normalized spacial score (nSPS) is 13.0. The second-order valence-corrected chi connectivity index (χ2v) is 5.20. The molecule has 13 heavy (non-hydrogen) atoms. The van der Waals surface area contributed by atoms with E-state index < -0.39 is 9.28 Å². The van der Waals surface area contributed by atoms with Crippen molar-refractivity contribution in [3.8, 4) is 0 Å². The summed E-state index contributed by atoms with van der Waals surface area (Å²) < 4.78 is 15.4. The SMILES string of the molecule is CCCC(OC(C)=O)[SiH](OC)OC. The maximum absolute atomic E-state index is 10.8. The summed E-state index contributed by atoms with van der Waals surface area (Å²) in [7, 11) is 1.36. The van der Waals surface area contributed by atoms with Crippen LogP contribution in [0.4, 0.5) is 0 Å². The smallest absolute Gasteiger partial charge is 0.363 e. The predicted octanol–water partition coefficient (Wildman–Crippen LogP) is 0.771. The van der Waals surface area contributed by atoms with E-state index in [1.54, 1.807) is 14.2 Å². The van der Waals surface area contributed by atoms with Crippen LogP contribution >= 0.6 is 0 Å². The first-order valence-electron chi connectivity index (χ1n) is 4.38. The highest BCUT2D eigenvalue weighted by atomic mass is 28.3. The van der Waals surface area contributed by atoms with Gasteiger partial charge in [-0.3, -0.25) is 4.79 Å². The zero-order valence-electron chi connectivity index (χ0n) is 8.70. The van der Waals surface area contributed by atoms with E-state index in [0.29, 0.717) is 0 Å². The molecule has 0 radical (unpaired) electrons. The molecule has 0 bridgehead atoms. The van der Waals surface area contributed by atoms with Gasteiger partial charge in [0.1, 0.15) is 5.73 Å². The van der Waals surface area contributed by atoms with Crippen molar-refractivity contribution in [2.45, 2.75) is 32.4 Å². The van der Waals surface area contributed by atoms with Crippen LogP contribution in [-0.2, 0) is 18.4 Å². The van der Waals surface area contributed by atoms with Gasteiger partial charge in [0, 0.05) is 21.1 Å². The molecule has 0 aliphatic rings. The number of hydrogen-bond donors (Lipinski definition) is 0. The number of rotatable bonds is 6. The molecule has 4 nitrogen and oxygen atoms in total. The summed E-state index contributed by atoms with van der Waals surface area (Å²) in [5.74, 6) is -0.273. The highest BCUT2D eigenvalue weighted by molar-refractivity contribution is 6.46. The fourth-order valence-electron chi connectivity index (χ4n) is 1.15. The van der Waals surface area contributed by atoms with Crippen LogP contribution in [0.3, 0.4) is 0 Å². The lowest BCUT2D eigenvalue weighted by Crippen LogP contribution is -2.38. The molecule has 0 heterocycles. The minimum atomic E-state index is -1.82. The van der Waals surface area contributed by atoms with Crippen LogP contribution in [0.15, 0.2) is 0 Å². The Bertz CT molecular complexity index is 147. The van der Waals surface area contributed by atoms with E-state index in [2.05, 4.69) is 0 Å². The lowest BCUT2D eigenvalue weighted by molar-refractivity contribution is -0.144. The summed E-state index contributed by atoms with van der Waals surface area (Å²) in [4.78, 5) is 10.8. The third-order valence-corrected chi connectivity index (χ3v) is 3.66. The van der Waals surface area contributed by atoms with Crippen molar-refractivity contribution in [2.75, 3.05) is 14.2 Å². The molecule has 78 valence electrons. The van der Waals surface area contributed by atoms with Crippen LogP contribution in [0.5, 0.6) is 0 Å². The highest BCUT2D eigenvalue weighted by Crippen LogP contribution is 2.08. The van der Waals surface area contributed by atoms with Gasteiger partial charge in [0.15, 0.2) is 0 Å². The molecule has 0 aromatic rings. The molecule has 0 saturated carbocycles. The van der Waals surface area contributed by atoms with Gasteiger partial charge in [0.2, 0.25) is 0 Å². The molecule has 0 amide bonds. The van der Waals surface area contributed by atoms with Crippen molar-refractivity contribution in [1.29, 1.82) is 0 Å². The van der Waals surface area contributed by atoms with Gasteiger partial charge < -0.3 is 13.6 Å². The van der Waals surface area contributed by atoms with Gasteiger partial charge in [-0.15, -0.1) is 0 Å². The largest absolute Gasteiger partial charge is 0.461 e. The fraction of sp³-hybridized carbons (Fsp3) is 0.875. The molecular weight excluding hydrogens is 188 g/mol. The average Bonchev–Trinajstić information content (AvgIpc) is 2.05. The summed E-state index contributed by atoms with van der Waals surface area (Å²) in [5, 5.41) is 0. The van der Waals surface area contributed by atoms with Crippen molar-refractivity contribution in [3.63, 3.8) is 0 Å². The van der Waals surface area contributed by atoms with Crippen molar-refractivity contribution >= 4 is 15.3 Å². The lowest BCUT2D eigenvalue weighted by Gasteiger charge is -2.21. The molecule has 0 fully saturated rings. The quantitative estimate of drug-likeness (QED) is 0.475. The van der Waals surface area contributed by atoms with E-state index in [4.69, 9.17) is 13.6 Å². The van der Waals surface area contributed by atoms with Crippen molar-refractivity contribution in [1.82, 2.24) is 0 Å². The number of carbonyl (C=O) groups is 1. The van der Waals surface area contributed by atoms with E-state index in [9.17, 15) is 4.79 Å². The Morgan fingerprint density at radius 3 is 2.23 bits per heavy atom. The van der Waals surface area contributed by atoms with Crippen LogP contribution in [0.25, 0.3) is 0 Å². The molecular formula is C8H18O4Si. The van der Waals surface area contributed by atoms with Gasteiger partial charge in [0.05, 0.1) is 0 Å². The predicted molar refractivity (Wildman–Crippen MR) is 51.6 cm³/mol. The maximum atomic E-state index is 10.8. The molecule has 5 heteroatoms. The standard InChI is InChI=1S/C8H18O4Si/c1-5-6-8(12-7(2)9)13(10-3)11-4/h8,13H,5-6H2,1-4H3. The summed E-state index contributed by atoms with van der Waals surface area (Å²) in [5.41, 5.74) is -0.169. The maximum Gasteiger partial charge on any atom is 0.363 e. The number of esters is 1. The zero-order chi connectivity index (χ0) is 10.3. The summed E-state index contributed by atoms with van der Waals surface area (Å²) in [6.45, 7) is 3.44. The minimum absolute atomic E-state index is 0.169. The van der Waals surface area contributed by atoms with Gasteiger partial charge in [-0.2, -0.15) is 0 Å². The molecule has 0 N–H and O–H groups in total. The Balaban J connectivity index is 4.11. The Morgan fingerprint density at radius 1 is 1.38 bits per heavy atom. The van der Waals surface area contributed by atoms with E-state index in [1.165, 1.54) is 6.92 Å². The third-order valence-electron chi connectivity index (χ3n) is 1.66. The second kappa shape index (κ2) is 7.05. The average molecular weight is 206 g/mol. The summed E-state index contributed by atoms with van der Waals surface area (Å²) >= 11 is 0. The number of hydrogen-bond acceptors (Lipinski definition) is 4. The highest BCUT2D eigenvalue weighted by Gasteiger charge is 2.26. The van der Waals surface area contributed by atoms with Crippen molar-refractivity contribution in [3.05, 3.63) is 0 Å². The van der Waals surface area contributed by atoms with Crippen LogP contribution in [0, 0.1) is 0 Å². The van der Waals surface area contributed by atoms with Crippen LogP contribution in [-0.4, -0.2) is 35.2 Å². The summed E-state index contributed by atoms with van der Waals surface area (Å²) in [6.07, 6.45) is 1.76. The topological polar surface area (TPSA) is 44.8 Å². The molecule has 0 aliphatic heterocycles. The molecule has 0 aromatic heterocycles. The second-order valence-electron chi connectivity index (χ2n) is 2.78. The first kappa shape index (κ1) is 12.6. The molecule has 1 atom stereocenters. The van der Waals surface area contributed by atoms with Gasteiger partial charge in [0.25, 0.3) is 0 Å². The van der Waals surface area contributed by atoms with E-state index in [1.807, 2.05) is 6.92 Å². The molecule has 0 aliphatic carbocycles. The minimum Gasteiger partial charge on any atom is -0.461 e. The van der Waals surface area contributed by atoms with Crippen LogP contribution in [0.2, 0.25) is 0 Å².